The van der Waals surface area contributed by atoms with Gasteiger partial charge in [-0.15, -0.1) is 0 Å². The Kier molecular flexibility index (Phi) is 6.80. The Bertz CT molecular complexity index is 802. The number of ether oxygens (including phenoxy) is 1. The predicted molar refractivity (Wildman–Crippen MR) is 118 cm³/mol. The first-order chi connectivity index (χ1) is 14.3. The second-order valence-corrected chi connectivity index (χ2v) is 7.95. The summed E-state index contributed by atoms with van der Waals surface area (Å²) in [6.07, 6.45) is 1.18. The molecule has 1 N–H and O–H groups in total. The van der Waals surface area contributed by atoms with Crippen LogP contribution in [0.2, 0.25) is 0 Å². The number of benzene rings is 2. The molecule has 4 rings (SSSR count). The molecule has 2 fully saturated rings. The highest BCUT2D eigenvalue weighted by atomic mass is 16.5. The maximum atomic E-state index is 5.45. The van der Waals surface area contributed by atoms with Gasteiger partial charge in [-0.05, 0) is 23.1 Å². The first kappa shape index (κ1) is 19.9. The number of morpholine rings is 1. The average Bonchev–Trinajstić information content (AvgIpc) is 3.26. The van der Waals surface area contributed by atoms with E-state index in [1.807, 2.05) is 7.05 Å². The summed E-state index contributed by atoms with van der Waals surface area (Å²) in [6, 6.07) is 19.7. The van der Waals surface area contributed by atoms with E-state index in [9.17, 15) is 0 Å². The van der Waals surface area contributed by atoms with E-state index in [0.717, 1.165) is 58.4 Å². The summed E-state index contributed by atoms with van der Waals surface area (Å²) in [5.41, 5.74) is 4.10. The standard InChI is InChI=1S/C24H32N4O/c1-25-24(28-11-10-23(19-28)22-8-3-2-4-9-22)26-17-20-6-5-7-21(16-20)18-27-12-14-29-15-13-27/h2-9,16,23H,10-15,17-19H2,1H3,(H,25,26). The molecule has 0 radical (unpaired) electrons. The van der Waals surface area contributed by atoms with Gasteiger partial charge in [-0.3, -0.25) is 9.89 Å². The first-order valence-corrected chi connectivity index (χ1v) is 10.7. The van der Waals surface area contributed by atoms with E-state index in [-0.39, 0.29) is 0 Å². The number of nitrogens with one attached hydrogen (secondary N) is 1. The molecule has 154 valence electrons. The van der Waals surface area contributed by atoms with Crippen LogP contribution >= 0.6 is 0 Å². The smallest absolute Gasteiger partial charge is 0.193 e. The molecular formula is C24H32N4O. The zero-order valence-corrected chi connectivity index (χ0v) is 17.4. The average molecular weight is 393 g/mol. The molecule has 0 saturated carbocycles. The van der Waals surface area contributed by atoms with Crippen molar-refractivity contribution in [1.82, 2.24) is 15.1 Å². The van der Waals surface area contributed by atoms with Crippen LogP contribution < -0.4 is 5.32 Å². The van der Waals surface area contributed by atoms with E-state index in [2.05, 4.69) is 74.7 Å². The summed E-state index contributed by atoms with van der Waals surface area (Å²) in [5.74, 6) is 1.59. The minimum Gasteiger partial charge on any atom is -0.379 e. The number of likely N-dealkylation sites (tertiary alicyclic amines) is 1. The Hall–Kier alpha value is -2.37. The molecule has 0 aliphatic carbocycles. The lowest BCUT2D eigenvalue weighted by molar-refractivity contribution is 0.0342. The third kappa shape index (κ3) is 5.37. The fourth-order valence-electron chi connectivity index (χ4n) is 4.32. The third-order valence-electron chi connectivity index (χ3n) is 5.92. The van der Waals surface area contributed by atoms with Crippen LogP contribution in [0.25, 0.3) is 0 Å². The van der Waals surface area contributed by atoms with E-state index in [1.165, 1.54) is 23.1 Å². The molecular weight excluding hydrogens is 360 g/mol. The highest BCUT2D eigenvalue weighted by Crippen LogP contribution is 2.26. The second kappa shape index (κ2) is 9.90. The van der Waals surface area contributed by atoms with Gasteiger partial charge in [0.25, 0.3) is 0 Å². The van der Waals surface area contributed by atoms with Crippen LogP contribution in [0.4, 0.5) is 0 Å². The van der Waals surface area contributed by atoms with Gasteiger partial charge < -0.3 is 15.0 Å². The van der Waals surface area contributed by atoms with E-state index in [4.69, 9.17) is 4.74 Å². The lowest BCUT2D eigenvalue weighted by Crippen LogP contribution is -2.39. The van der Waals surface area contributed by atoms with Crippen LogP contribution in [-0.4, -0.2) is 62.2 Å². The first-order valence-electron chi connectivity index (χ1n) is 10.7. The van der Waals surface area contributed by atoms with E-state index >= 15 is 0 Å². The Morgan fingerprint density at radius 3 is 2.62 bits per heavy atom. The van der Waals surface area contributed by atoms with E-state index < -0.39 is 0 Å². The van der Waals surface area contributed by atoms with Crippen molar-refractivity contribution in [2.24, 2.45) is 4.99 Å². The lowest BCUT2D eigenvalue weighted by atomic mass is 9.99. The monoisotopic (exact) mass is 392 g/mol. The fraction of sp³-hybridized carbons (Fsp3) is 0.458. The molecule has 2 saturated heterocycles. The molecule has 0 aromatic heterocycles. The van der Waals surface area contributed by atoms with E-state index in [0.29, 0.717) is 5.92 Å². The molecule has 0 bridgehead atoms. The van der Waals surface area contributed by atoms with Crippen molar-refractivity contribution < 1.29 is 4.74 Å². The largest absolute Gasteiger partial charge is 0.379 e. The lowest BCUT2D eigenvalue weighted by Gasteiger charge is -2.26. The molecule has 5 heteroatoms. The SMILES string of the molecule is CN=C(NCc1cccc(CN2CCOCC2)c1)N1CCC(c2ccccc2)C1. The number of hydrogen-bond acceptors (Lipinski definition) is 3. The fourth-order valence-corrected chi connectivity index (χ4v) is 4.32. The van der Waals surface area contributed by atoms with Gasteiger partial charge in [0.15, 0.2) is 5.96 Å². The highest BCUT2D eigenvalue weighted by molar-refractivity contribution is 5.80. The summed E-state index contributed by atoms with van der Waals surface area (Å²) >= 11 is 0. The zero-order chi connectivity index (χ0) is 19.9. The van der Waals surface area contributed by atoms with Crippen molar-refractivity contribution in [3.63, 3.8) is 0 Å². The van der Waals surface area contributed by atoms with Crippen LogP contribution in [0, 0.1) is 0 Å². The summed E-state index contributed by atoms with van der Waals surface area (Å²) in [6.45, 7) is 7.61. The molecule has 2 aromatic carbocycles. The van der Waals surface area contributed by atoms with Crippen molar-refractivity contribution in [2.75, 3.05) is 46.4 Å². The molecule has 2 aliphatic rings. The molecule has 2 heterocycles. The molecule has 1 unspecified atom stereocenters. The van der Waals surface area contributed by atoms with Crippen LogP contribution in [0.15, 0.2) is 59.6 Å². The Morgan fingerprint density at radius 1 is 1.03 bits per heavy atom. The Labute approximate surface area is 174 Å². The molecule has 0 spiro atoms. The van der Waals surface area contributed by atoms with Crippen molar-refractivity contribution in [2.45, 2.75) is 25.4 Å². The minimum absolute atomic E-state index is 0.589. The minimum atomic E-state index is 0.589. The van der Waals surface area contributed by atoms with Crippen molar-refractivity contribution in [1.29, 1.82) is 0 Å². The maximum Gasteiger partial charge on any atom is 0.193 e. The Morgan fingerprint density at radius 2 is 1.83 bits per heavy atom. The quantitative estimate of drug-likeness (QED) is 0.627. The third-order valence-corrected chi connectivity index (χ3v) is 5.92. The summed E-state index contributed by atoms with van der Waals surface area (Å²) in [4.78, 5) is 9.38. The van der Waals surface area contributed by atoms with Crippen LogP contribution in [0.3, 0.4) is 0 Å². The summed E-state index contributed by atoms with van der Waals surface area (Å²) in [7, 11) is 1.88. The van der Waals surface area contributed by atoms with Crippen LogP contribution in [-0.2, 0) is 17.8 Å². The topological polar surface area (TPSA) is 40.1 Å². The van der Waals surface area contributed by atoms with Gasteiger partial charge in [0.05, 0.1) is 13.2 Å². The van der Waals surface area contributed by atoms with Gasteiger partial charge in [-0.2, -0.15) is 0 Å². The predicted octanol–water partition coefficient (Wildman–Crippen LogP) is 3.08. The van der Waals surface area contributed by atoms with Gasteiger partial charge in [0.1, 0.15) is 0 Å². The van der Waals surface area contributed by atoms with Crippen molar-refractivity contribution in [3.8, 4) is 0 Å². The van der Waals surface area contributed by atoms with Gasteiger partial charge in [-0.1, -0.05) is 54.6 Å². The molecule has 5 nitrogen and oxygen atoms in total. The molecule has 29 heavy (non-hydrogen) atoms. The van der Waals surface area contributed by atoms with Crippen LogP contribution in [0.5, 0.6) is 0 Å². The van der Waals surface area contributed by atoms with Gasteiger partial charge >= 0.3 is 0 Å². The number of aliphatic imine (C=N–C) groups is 1. The maximum absolute atomic E-state index is 5.45. The second-order valence-electron chi connectivity index (χ2n) is 7.95. The van der Waals surface area contributed by atoms with Crippen molar-refractivity contribution >= 4 is 5.96 Å². The molecule has 1 atom stereocenters. The number of guanidine groups is 1. The summed E-state index contributed by atoms with van der Waals surface area (Å²) in [5, 5.41) is 3.57. The Balaban J connectivity index is 1.31. The number of hydrogen-bond donors (Lipinski definition) is 1. The normalized spacial score (nSPS) is 20.8. The highest BCUT2D eigenvalue weighted by Gasteiger charge is 2.25. The molecule has 0 amide bonds. The summed E-state index contributed by atoms with van der Waals surface area (Å²) < 4.78 is 5.45. The van der Waals surface area contributed by atoms with Gasteiger partial charge in [0, 0.05) is 52.2 Å². The zero-order valence-electron chi connectivity index (χ0n) is 17.4. The number of nitrogens with zero attached hydrogens (tertiary/aromatic N) is 3. The van der Waals surface area contributed by atoms with Crippen LogP contribution in [0.1, 0.15) is 29.0 Å². The molecule has 2 aromatic rings. The molecule has 2 aliphatic heterocycles. The van der Waals surface area contributed by atoms with Gasteiger partial charge in [0.2, 0.25) is 0 Å². The number of rotatable bonds is 5. The van der Waals surface area contributed by atoms with Crippen molar-refractivity contribution in [3.05, 3.63) is 71.3 Å². The van der Waals surface area contributed by atoms with Gasteiger partial charge in [-0.25, -0.2) is 0 Å². The van der Waals surface area contributed by atoms with E-state index in [1.54, 1.807) is 0 Å².